The third-order valence-corrected chi connectivity index (χ3v) is 4.04. The van der Waals surface area contributed by atoms with Crippen LogP contribution in [0.15, 0.2) is 42.5 Å². The van der Waals surface area contributed by atoms with Gasteiger partial charge in [0.15, 0.2) is 0 Å². The van der Waals surface area contributed by atoms with Gasteiger partial charge in [-0.15, -0.1) is 0 Å². The van der Waals surface area contributed by atoms with E-state index in [1.807, 2.05) is 25.1 Å². The zero-order chi connectivity index (χ0) is 15.1. The molecule has 0 saturated carbocycles. The molecule has 3 aromatic rings. The second kappa shape index (κ2) is 4.98. The second-order valence-corrected chi connectivity index (χ2v) is 5.74. The highest BCUT2D eigenvalue weighted by molar-refractivity contribution is 5.79. The molecule has 22 heavy (non-hydrogen) atoms. The maximum absolute atomic E-state index is 4.79. The molecule has 1 aromatic carbocycles. The molecule has 1 aliphatic rings. The number of aryl methyl sites for hydroxylation is 2. The summed E-state index contributed by atoms with van der Waals surface area (Å²) in [6.07, 6.45) is 0. The Hall–Kier alpha value is -2.62. The summed E-state index contributed by atoms with van der Waals surface area (Å²) in [5.74, 6) is 0.939. The van der Waals surface area contributed by atoms with Crippen LogP contribution in [0.25, 0.3) is 22.6 Å². The lowest BCUT2D eigenvalue weighted by Gasteiger charge is -2.08. The summed E-state index contributed by atoms with van der Waals surface area (Å²) >= 11 is 0. The van der Waals surface area contributed by atoms with E-state index >= 15 is 0 Å². The zero-order valence-electron chi connectivity index (χ0n) is 12.8. The largest absolute Gasteiger partial charge is 0.354 e. The number of hydrogen-bond acceptors (Lipinski definition) is 3. The van der Waals surface area contributed by atoms with Gasteiger partial charge in [-0.25, -0.2) is 4.98 Å². The lowest BCUT2D eigenvalue weighted by molar-refractivity contribution is 0.817. The molecule has 4 nitrogen and oxygen atoms in total. The van der Waals surface area contributed by atoms with E-state index in [1.165, 1.54) is 11.1 Å². The van der Waals surface area contributed by atoms with Crippen molar-refractivity contribution in [3.8, 4) is 22.6 Å². The van der Waals surface area contributed by atoms with Crippen molar-refractivity contribution in [3.05, 3.63) is 53.7 Å². The van der Waals surface area contributed by atoms with Gasteiger partial charge in [-0.05, 0) is 26.0 Å². The molecule has 4 heteroatoms. The number of imidazole rings is 1. The lowest BCUT2D eigenvalue weighted by Crippen LogP contribution is -1.99. The molecule has 0 amide bonds. The number of hydrogen-bond donors (Lipinski definition) is 1. The van der Waals surface area contributed by atoms with Crippen LogP contribution in [0.5, 0.6) is 0 Å². The molecule has 1 N–H and O–H groups in total. The normalized spacial score (nSPS) is 13.0. The van der Waals surface area contributed by atoms with E-state index in [9.17, 15) is 0 Å². The van der Waals surface area contributed by atoms with Crippen molar-refractivity contribution < 1.29 is 0 Å². The third-order valence-electron chi connectivity index (χ3n) is 4.04. The first-order valence-corrected chi connectivity index (χ1v) is 7.58. The molecule has 4 rings (SSSR count). The minimum absolute atomic E-state index is 0.930. The number of rotatable bonds is 2. The Balaban J connectivity index is 1.94. The molecule has 0 bridgehead atoms. The van der Waals surface area contributed by atoms with Crippen molar-refractivity contribution in [3.63, 3.8) is 0 Å². The van der Waals surface area contributed by atoms with E-state index in [0.717, 1.165) is 41.8 Å². The fourth-order valence-electron chi connectivity index (χ4n) is 2.94. The van der Waals surface area contributed by atoms with E-state index in [2.05, 4.69) is 46.1 Å². The Morgan fingerprint density at radius 3 is 2.59 bits per heavy atom. The SMILES string of the molecule is Cc1ccc(-c2c(-c3cccc(C)n3)nc3n2CCN3)cc1. The minimum Gasteiger partial charge on any atom is -0.354 e. The molecule has 110 valence electrons. The summed E-state index contributed by atoms with van der Waals surface area (Å²) in [6, 6.07) is 14.7. The highest BCUT2D eigenvalue weighted by atomic mass is 15.3. The van der Waals surface area contributed by atoms with Crippen LogP contribution >= 0.6 is 0 Å². The number of benzene rings is 1. The van der Waals surface area contributed by atoms with E-state index in [0.29, 0.717) is 0 Å². The van der Waals surface area contributed by atoms with Crippen LogP contribution in [0, 0.1) is 13.8 Å². The predicted molar refractivity (Wildman–Crippen MR) is 88.9 cm³/mol. The molecule has 0 unspecified atom stereocenters. The summed E-state index contributed by atoms with van der Waals surface area (Å²) in [6.45, 7) is 5.99. The van der Waals surface area contributed by atoms with Crippen LogP contribution in [0.2, 0.25) is 0 Å². The Kier molecular flexibility index (Phi) is 2.96. The van der Waals surface area contributed by atoms with Gasteiger partial charge in [-0.1, -0.05) is 35.9 Å². The molecule has 3 heterocycles. The van der Waals surface area contributed by atoms with Gasteiger partial charge in [0, 0.05) is 24.3 Å². The van der Waals surface area contributed by atoms with Crippen molar-refractivity contribution in [2.75, 3.05) is 11.9 Å². The molecule has 0 fully saturated rings. The Morgan fingerprint density at radius 2 is 1.82 bits per heavy atom. The van der Waals surface area contributed by atoms with Crippen molar-refractivity contribution in [2.45, 2.75) is 20.4 Å². The fourth-order valence-corrected chi connectivity index (χ4v) is 2.94. The Bertz CT molecular complexity index is 831. The Morgan fingerprint density at radius 1 is 1.00 bits per heavy atom. The number of nitrogens with one attached hydrogen (secondary N) is 1. The maximum atomic E-state index is 4.79. The summed E-state index contributed by atoms with van der Waals surface area (Å²) in [7, 11) is 0. The molecule has 0 aliphatic carbocycles. The van der Waals surface area contributed by atoms with Crippen molar-refractivity contribution in [2.24, 2.45) is 0 Å². The number of nitrogens with zero attached hydrogens (tertiary/aromatic N) is 3. The smallest absolute Gasteiger partial charge is 0.204 e. The average molecular weight is 290 g/mol. The molecule has 0 radical (unpaired) electrons. The highest BCUT2D eigenvalue weighted by Gasteiger charge is 2.23. The standard InChI is InChI=1S/C18H18N4/c1-12-6-8-14(9-7-12)17-16(15-5-3-4-13(2)20-15)21-18-19-10-11-22(17)18/h3-9H,10-11H2,1-2H3,(H,19,21). The quantitative estimate of drug-likeness (QED) is 0.783. The van der Waals surface area contributed by atoms with Gasteiger partial charge in [-0.3, -0.25) is 4.98 Å². The molecule has 2 aromatic heterocycles. The molecule has 0 saturated heterocycles. The van der Waals surface area contributed by atoms with Gasteiger partial charge in [0.25, 0.3) is 0 Å². The number of pyridine rings is 1. The molecule has 1 aliphatic heterocycles. The average Bonchev–Trinajstić information content (AvgIpc) is 3.09. The van der Waals surface area contributed by atoms with Crippen LogP contribution in [0.1, 0.15) is 11.3 Å². The van der Waals surface area contributed by atoms with Crippen molar-refractivity contribution in [1.82, 2.24) is 14.5 Å². The fraction of sp³-hybridized carbons (Fsp3) is 0.222. The van der Waals surface area contributed by atoms with E-state index in [4.69, 9.17) is 4.98 Å². The minimum atomic E-state index is 0.930. The van der Waals surface area contributed by atoms with Crippen molar-refractivity contribution in [1.29, 1.82) is 0 Å². The summed E-state index contributed by atoms with van der Waals surface area (Å²) in [4.78, 5) is 9.45. The number of aromatic nitrogens is 3. The first-order valence-electron chi connectivity index (χ1n) is 7.58. The van der Waals surface area contributed by atoms with Crippen LogP contribution in [0.3, 0.4) is 0 Å². The highest BCUT2D eigenvalue weighted by Crippen LogP contribution is 2.35. The monoisotopic (exact) mass is 290 g/mol. The van der Waals surface area contributed by atoms with Crippen LogP contribution in [-0.4, -0.2) is 21.1 Å². The number of fused-ring (bicyclic) bond motifs is 1. The van der Waals surface area contributed by atoms with Gasteiger partial charge in [0.1, 0.15) is 5.69 Å². The first-order chi connectivity index (χ1) is 10.7. The first kappa shape index (κ1) is 13.1. The van der Waals surface area contributed by atoms with E-state index in [-0.39, 0.29) is 0 Å². The summed E-state index contributed by atoms with van der Waals surface area (Å²) in [5, 5.41) is 3.35. The lowest BCUT2D eigenvalue weighted by atomic mass is 10.1. The van der Waals surface area contributed by atoms with Gasteiger partial charge in [-0.2, -0.15) is 0 Å². The zero-order valence-corrected chi connectivity index (χ0v) is 12.8. The van der Waals surface area contributed by atoms with Crippen LogP contribution in [-0.2, 0) is 6.54 Å². The second-order valence-electron chi connectivity index (χ2n) is 5.74. The van der Waals surface area contributed by atoms with Gasteiger partial charge in [0.05, 0.1) is 11.4 Å². The maximum Gasteiger partial charge on any atom is 0.204 e. The Labute approximate surface area is 129 Å². The molecule has 0 atom stereocenters. The van der Waals surface area contributed by atoms with Gasteiger partial charge < -0.3 is 9.88 Å². The van der Waals surface area contributed by atoms with Crippen LogP contribution < -0.4 is 5.32 Å². The van der Waals surface area contributed by atoms with E-state index in [1.54, 1.807) is 0 Å². The summed E-state index contributed by atoms with van der Waals surface area (Å²) < 4.78 is 2.25. The van der Waals surface area contributed by atoms with Gasteiger partial charge in [0.2, 0.25) is 5.95 Å². The topological polar surface area (TPSA) is 42.7 Å². The molecular formula is C18H18N4. The predicted octanol–water partition coefficient (Wildman–Crippen LogP) is 3.65. The molecular weight excluding hydrogens is 272 g/mol. The number of anilines is 1. The van der Waals surface area contributed by atoms with E-state index < -0.39 is 0 Å². The van der Waals surface area contributed by atoms with Gasteiger partial charge >= 0.3 is 0 Å². The molecule has 0 spiro atoms. The van der Waals surface area contributed by atoms with Crippen molar-refractivity contribution >= 4 is 5.95 Å². The van der Waals surface area contributed by atoms with Crippen LogP contribution in [0.4, 0.5) is 5.95 Å². The third kappa shape index (κ3) is 2.08. The summed E-state index contributed by atoms with van der Waals surface area (Å²) in [5.41, 5.74) is 6.49.